The first kappa shape index (κ1) is 14.7. The molecule has 0 radical (unpaired) electrons. The van der Waals surface area contributed by atoms with Crippen LogP contribution in [0.5, 0.6) is 0 Å². The number of halogens is 1. The molecule has 1 rings (SSSR count). The molecule has 0 bridgehead atoms. The van der Waals surface area contributed by atoms with E-state index in [1.54, 1.807) is 0 Å². The van der Waals surface area contributed by atoms with Crippen molar-refractivity contribution >= 4 is 15.9 Å². The van der Waals surface area contributed by atoms with Crippen LogP contribution in [0.1, 0.15) is 33.3 Å². The van der Waals surface area contributed by atoms with E-state index in [1.165, 1.54) is 10.0 Å². The van der Waals surface area contributed by atoms with Crippen LogP contribution >= 0.6 is 15.9 Å². The van der Waals surface area contributed by atoms with Crippen LogP contribution in [0.25, 0.3) is 0 Å². The predicted molar refractivity (Wildman–Crippen MR) is 79.3 cm³/mol. The van der Waals surface area contributed by atoms with E-state index in [0.717, 1.165) is 13.0 Å². The van der Waals surface area contributed by atoms with Gasteiger partial charge in [0, 0.05) is 10.5 Å². The van der Waals surface area contributed by atoms with Crippen LogP contribution < -0.4 is 5.32 Å². The van der Waals surface area contributed by atoms with Crippen LogP contribution in [0.3, 0.4) is 0 Å². The van der Waals surface area contributed by atoms with Crippen molar-refractivity contribution in [2.45, 2.75) is 40.2 Å². The SMILES string of the molecule is CC(C)NCC(C)C(C)Cc1cccc(Br)c1. The topological polar surface area (TPSA) is 12.0 Å². The van der Waals surface area contributed by atoms with E-state index in [0.29, 0.717) is 17.9 Å². The van der Waals surface area contributed by atoms with Crippen molar-refractivity contribution in [3.05, 3.63) is 34.3 Å². The van der Waals surface area contributed by atoms with Gasteiger partial charge in [-0.1, -0.05) is 55.8 Å². The maximum Gasteiger partial charge on any atom is 0.0177 e. The highest BCUT2D eigenvalue weighted by Gasteiger charge is 2.13. The molecule has 0 aromatic heterocycles. The lowest BCUT2D eigenvalue weighted by Gasteiger charge is -2.21. The van der Waals surface area contributed by atoms with Crippen LogP contribution in [0.2, 0.25) is 0 Å². The van der Waals surface area contributed by atoms with Crippen LogP contribution in [-0.4, -0.2) is 12.6 Å². The van der Waals surface area contributed by atoms with Gasteiger partial charge in [-0.25, -0.2) is 0 Å². The minimum Gasteiger partial charge on any atom is -0.314 e. The highest BCUT2D eigenvalue weighted by atomic mass is 79.9. The molecule has 96 valence electrons. The third-order valence-electron chi connectivity index (χ3n) is 3.27. The van der Waals surface area contributed by atoms with Crippen LogP contribution in [0.4, 0.5) is 0 Å². The highest BCUT2D eigenvalue weighted by molar-refractivity contribution is 9.10. The lowest BCUT2D eigenvalue weighted by molar-refractivity contribution is 0.354. The maximum atomic E-state index is 3.53. The Morgan fingerprint density at radius 1 is 1.12 bits per heavy atom. The molecule has 0 aliphatic rings. The zero-order chi connectivity index (χ0) is 12.8. The molecular formula is C15H24BrN. The molecule has 1 aromatic rings. The molecule has 0 aliphatic carbocycles. The fraction of sp³-hybridized carbons (Fsp3) is 0.600. The Labute approximate surface area is 114 Å². The van der Waals surface area contributed by atoms with Gasteiger partial charge in [-0.3, -0.25) is 0 Å². The second-order valence-electron chi connectivity index (χ2n) is 5.35. The molecule has 1 aromatic carbocycles. The summed E-state index contributed by atoms with van der Waals surface area (Å²) in [4.78, 5) is 0. The van der Waals surface area contributed by atoms with E-state index in [-0.39, 0.29) is 0 Å². The molecule has 0 saturated carbocycles. The van der Waals surface area contributed by atoms with E-state index in [1.807, 2.05) is 0 Å². The fourth-order valence-electron chi connectivity index (χ4n) is 1.86. The predicted octanol–water partition coefficient (Wildman–Crippen LogP) is 4.26. The average Bonchev–Trinajstić information content (AvgIpc) is 2.25. The zero-order valence-electron chi connectivity index (χ0n) is 11.3. The molecule has 0 heterocycles. The van der Waals surface area contributed by atoms with E-state index in [9.17, 15) is 0 Å². The summed E-state index contributed by atoms with van der Waals surface area (Å²) in [5.74, 6) is 1.41. The minimum absolute atomic E-state index is 0.579. The van der Waals surface area contributed by atoms with Crippen molar-refractivity contribution in [2.75, 3.05) is 6.54 Å². The summed E-state index contributed by atoms with van der Waals surface area (Å²) in [6, 6.07) is 9.21. The number of hydrogen-bond donors (Lipinski definition) is 1. The lowest BCUT2D eigenvalue weighted by atomic mass is 9.89. The molecular weight excluding hydrogens is 274 g/mol. The van der Waals surface area contributed by atoms with Crippen LogP contribution in [0.15, 0.2) is 28.7 Å². The maximum absolute atomic E-state index is 3.53. The molecule has 0 saturated heterocycles. The van der Waals surface area contributed by atoms with E-state index in [4.69, 9.17) is 0 Å². The quantitative estimate of drug-likeness (QED) is 0.827. The highest BCUT2D eigenvalue weighted by Crippen LogP contribution is 2.19. The first-order valence-electron chi connectivity index (χ1n) is 6.47. The molecule has 0 aliphatic heterocycles. The van der Waals surface area contributed by atoms with Gasteiger partial charge in [0.25, 0.3) is 0 Å². The van der Waals surface area contributed by atoms with Gasteiger partial charge in [-0.05, 0) is 42.5 Å². The molecule has 1 N–H and O–H groups in total. The van der Waals surface area contributed by atoms with Gasteiger partial charge in [0.1, 0.15) is 0 Å². The third kappa shape index (κ3) is 5.69. The van der Waals surface area contributed by atoms with Gasteiger partial charge >= 0.3 is 0 Å². The standard InChI is InChI=1S/C15H24BrN/c1-11(2)17-10-13(4)12(3)8-14-6-5-7-15(16)9-14/h5-7,9,11-13,17H,8,10H2,1-4H3. The monoisotopic (exact) mass is 297 g/mol. The van der Waals surface area contributed by atoms with Gasteiger partial charge in [0.2, 0.25) is 0 Å². The number of benzene rings is 1. The molecule has 17 heavy (non-hydrogen) atoms. The first-order valence-corrected chi connectivity index (χ1v) is 7.26. The summed E-state index contributed by atoms with van der Waals surface area (Å²) in [6.07, 6.45) is 1.15. The van der Waals surface area contributed by atoms with E-state index < -0.39 is 0 Å². The molecule has 1 nitrogen and oxygen atoms in total. The van der Waals surface area contributed by atoms with Gasteiger partial charge in [0.15, 0.2) is 0 Å². The molecule has 0 amide bonds. The summed E-state index contributed by atoms with van der Waals surface area (Å²) in [7, 11) is 0. The first-order chi connectivity index (χ1) is 7.99. The summed E-state index contributed by atoms with van der Waals surface area (Å²) in [5.41, 5.74) is 1.42. The van der Waals surface area contributed by atoms with Crippen LogP contribution in [-0.2, 0) is 6.42 Å². The normalized spacial score (nSPS) is 14.9. The number of hydrogen-bond acceptors (Lipinski definition) is 1. The molecule has 0 fully saturated rings. The van der Waals surface area contributed by atoms with Crippen molar-refractivity contribution in [1.29, 1.82) is 0 Å². The van der Waals surface area contributed by atoms with Crippen molar-refractivity contribution in [1.82, 2.24) is 5.32 Å². The van der Waals surface area contributed by atoms with Gasteiger partial charge in [-0.15, -0.1) is 0 Å². The largest absolute Gasteiger partial charge is 0.314 e. The van der Waals surface area contributed by atoms with Crippen molar-refractivity contribution in [3.63, 3.8) is 0 Å². The Morgan fingerprint density at radius 2 is 1.82 bits per heavy atom. The molecule has 2 unspecified atom stereocenters. The molecule has 2 atom stereocenters. The second-order valence-corrected chi connectivity index (χ2v) is 6.27. The second kappa shape index (κ2) is 7.17. The fourth-order valence-corrected chi connectivity index (χ4v) is 2.31. The average molecular weight is 298 g/mol. The van der Waals surface area contributed by atoms with Crippen molar-refractivity contribution in [2.24, 2.45) is 11.8 Å². The molecule has 2 heteroatoms. The van der Waals surface area contributed by atoms with Crippen molar-refractivity contribution < 1.29 is 0 Å². The van der Waals surface area contributed by atoms with Gasteiger partial charge < -0.3 is 5.32 Å². The smallest absolute Gasteiger partial charge is 0.0177 e. The Kier molecular flexibility index (Phi) is 6.21. The summed E-state index contributed by atoms with van der Waals surface area (Å²) in [5, 5.41) is 3.51. The Bertz CT molecular complexity index is 335. The van der Waals surface area contributed by atoms with Gasteiger partial charge in [0.05, 0.1) is 0 Å². The zero-order valence-corrected chi connectivity index (χ0v) is 12.9. The lowest BCUT2D eigenvalue weighted by Crippen LogP contribution is -2.31. The summed E-state index contributed by atoms with van der Waals surface area (Å²) >= 11 is 3.53. The van der Waals surface area contributed by atoms with Gasteiger partial charge in [-0.2, -0.15) is 0 Å². The van der Waals surface area contributed by atoms with Crippen LogP contribution in [0, 0.1) is 11.8 Å². The number of rotatable bonds is 6. The Morgan fingerprint density at radius 3 is 2.41 bits per heavy atom. The summed E-state index contributed by atoms with van der Waals surface area (Å²) in [6.45, 7) is 10.2. The van der Waals surface area contributed by atoms with E-state index >= 15 is 0 Å². The minimum atomic E-state index is 0.579. The Balaban J connectivity index is 2.45. The molecule has 0 spiro atoms. The summed E-state index contributed by atoms with van der Waals surface area (Å²) < 4.78 is 1.18. The van der Waals surface area contributed by atoms with E-state index in [2.05, 4.69) is 73.2 Å². The third-order valence-corrected chi connectivity index (χ3v) is 3.76. The number of nitrogens with one attached hydrogen (secondary N) is 1. The Hall–Kier alpha value is -0.340. The van der Waals surface area contributed by atoms with Crippen molar-refractivity contribution in [3.8, 4) is 0 Å².